The number of allylic oxidation sites excluding steroid dienone is 4. The number of fused-ring (bicyclic) bond motifs is 6. The van der Waals surface area contributed by atoms with Gasteiger partial charge in [0.1, 0.15) is 0 Å². The second kappa shape index (κ2) is 12.6. The Kier molecular flexibility index (Phi) is 7.52. The molecule has 8 aromatic rings. The third-order valence-corrected chi connectivity index (χ3v) is 11.7. The van der Waals surface area contributed by atoms with Crippen LogP contribution in [0.3, 0.4) is 0 Å². The van der Waals surface area contributed by atoms with Crippen molar-refractivity contribution in [3.63, 3.8) is 0 Å². The monoisotopic (exact) mass is 695 g/mol. The Morgan fingerprint density at radius 2 is 1.35 bits per heavy atom. The third kappa shape index (κ3) is 5.15. The van der Waals surface area contributed by atoms with Crippen LogP contribution < -0.4 is 4.90 Å². The van der Waals surface area contributed by atoms with Crippen molar-refractivity contribution in [3.8, 4) is 27.9 Å². The average molecular weight is 696 g/mol. The standard InChI is InChI=1S/C51H41N3/c1-34-29-40(23-25-42(34)36-22-27-50-46(31-36)45-19-8-10-21-49(45)54(50)38-15-5-4-6-16-38)53(39-17-11-13-35(30-39)37-14-12-28-52-33-37)41-24-26-44-43-18-7-9-20-47(43)51(2,3)48(44)32-41/h4-28,30-34H,29H2,1-3H3. The van der Waals surface area contributed by atoms with E-state index in [0.717, 1.165) is 23.2 Å². The molecule has 260 valence electrons. The van der Waals surface area contributed by atoms with Crippen LogP contribution in [-0.2, 0) is 5.41 Å². The number of nitrogens with zero attached hydrogens (tertiary/aromatic N) is 3. The molecular weight excluding hydrogens is 655 g/mol. The fourth-order valence-corrected chi connectivity index (χ4v) is 9.07. The maximum Gasteiger partial charge on any atom is 0.0541 e. The van der Waals surface area contributed by atoms with E-state index >= 15 is 0 Å². The fourth-order valence-electron chi connectivity index (χ4n) is 9.07. The van der Waals surface area contributed by atoms with Crippen molar-refractivity contribution in [3.05, 3.63) is 199 Å². The fraction of sp³-hybridized carbons (Fsp3) is 0.118. The van der Waals surface area contributed by atoms with E-state index in [-0.39, 0.29) is 5.41 Å². The van der Waals surface area contributed by atoms with Gasteiger partial charge in [0.25, 0.3) is 0 Å². The molecule has 2 aliphatic rings. The van der Waals surface area contributed by atoms with E-state index in [0.29, 0.717) is 5.92 Å². The zero-order valence-corrected chi connectivity index (χ0v) is 30.9. The summed E-state index contributed by atoms with van der Waals surface area (Å²) in [6.07, 6.45) is 9.42. The number of rotatable bonds is 6. The van der Waals surface area contributed by atoms with Crippen LogP contribution in [0, 0.1) is 5.92 Å². The normalized spacial score (nSPS) is 15.8. The van der Waals surface area contributed by atoms with Crippen molar-refractivity contribution in [1.29, 1.82) is 0 Å². The molecule has 0 radical (unpaired) electrons. The van der Waals surface area contributed by atoms with Crippen molar-refractivity contribution >= 4 is 38.8 Å². The molecule has 0 aliphatic heterocycles. The van der Waals surface area contributed by atoms with Crippen LogP contribution in [0.15, 0.2) is 182 Å². The van der Waals surface area contributed by atoms with Gasteiger partial charge in [0.2, 0.25) is 0 Å². The topological polar surface area (TPSA) is 21.1 Å². The van der Waals surface area contributed by atoms with Crippen molar-refractivity contribution in [2.24, 2.45) is 5.92 Å². The van der Waals surface area contributed by atoms with Crippen LogP contribution >= 0.6 is 0 Å². The Morgan fingerprint density at radius 3 is 2.20 bits per heavy atom. The van der Waals surface area contributed by atoms with E-state index in [9.17, 15) is 0 Å². The first-order valence-electron chi connectivity index (χ1n) is 19.0. The Labute approximate surface area is 317 Å². The maximum atomic E-state index is 4.42. The van der Waals surface area contributed by atoms with Gasteiger partial charge in [0, 0.05) is 56.9 Å². The van der Waals surface area contributed by atoms with Crippen LogP contribution in [0.25, 0.3) is 55.3 Å². The quantitative estimate of drug-likeness (QED) is 0.173. The van der Waals surface area contributed by atoms with Crippen molar-refractivity contribution in [2.45, 2.75) is 32.6 Å². The zero-order chi connectivity index (χ0) is 36.4. The van der Waals surface area contributed by atoms with E-state index in [1.165, 1.54) is 72.3 Å². The largest absolute Gasteiger partial charge is 0.314 e. The molecule has 6 aromatic carbocycles. The molecule has 54 heavy (non-hydrogen) atoms. The van der Waals surface area contributed by atoms with E-state index in [1.54, 1.807) is 0 Å². The van der Waals surface area contributed by atoms with Gasteiger partial charge in [0.15, 0.2) is 0 Å². The summed E-state index contributed by atoms with van der Waals surface area (Å²) in [6.45, 7) is 7.10. The van der Waals surface area contributed by atoms with Gasteiger partial charge in [0.05, 0.1) is 11.0 Å². The lowest BCUT2D eigenvalue weighted by atomic mass is 9.82. The molecule has 0 N–H and O–H groups in total. The summed E-state index contributed by atoms with van der Waals surface area (Å²) in [5.41, 5.74) is 17.5. The minimum absolute atomic E-state index is 0.0885. The molecule has 0 saturated carbocycles. The van der Waals surface area contributed by atoms with Gasteiger partial charge in [-0.15, -0.1) is 0 Å². The molecule has 1 unspecified atom stereocenters. The summed E-state index contributed by atoms with van der Waals surface area (Å²) in [7, 11) is 0. The highest BCUT2D eigenvalue weighted by Gasteiger charge is 2.36. The van der Waals surface area contributed by atoms with E-state index < -0.39 is 0 Å². The predicted molar refractivity (Wildman–Crippen MR) is 226 cm³/mol. The predicted octanol–water partition coefficient (Wildman–Crippen LogP) is 13.3. The third-order valence-electron chi connectivity index (χ3n) is 11.7. The molecule has 1 atom stereocenters. The van der Waals surface area contributed by atoms with Crippen LogP contribution in [0.2, 0.25) is 0 Å². The number of para-hydroxylation sites is 2. The molecule has 2 heterocycles. The van der Waals surface area contributed by atoms with E-state index in [4.69, 9.17) is 0 Å². The minimum atomic E-state index is -0.0885. The average Bonchev–Trinajstić information content (AvgIpc) is 3.67. The second-order valence-corrected chi connectivity index (χ2v) is 15.3. The second-order valence-electron chi connectivity index (χ2n) is 15.3. The van der Waals surface area contributed by atoms with Crippen LogP contribution in [-0.4, -0.2) is 9.55 Å². The lowest BCUT2D eigenvalue weighted by Gasteiger charge is -2.33. The number of hydrogen-bond donors (Lipinski definition) is 0. The van der Waals surface area contributed by atoms with Gasteiger partial charge in [-0.1, -0.05) is 118 Å². The molecule has 0 spiro atoms. The van der Waals surface area contributed by atoms with Crippen LogP contribution in [0.1, 0.15) is 43.9 Å². The number of hydrogen-bond acceptors (Lipinski definition) is 2. The first-order valence-corrected chi connectivity index (χ1v) is 19.0. The van der Waals surface area contributed by atoms with Crippen molar-refractivity contribution < 1.29 is 0 Å². The molecule has 0 amide bonds. The zero-order valence-electron chi connectivity index (χ0n) is 30.9. The summed E-state index contributed by atoms with van der Waals surface area (Å²) in [5.74, 6) is 0.309. The highest BCUT2D eigenvalue weighted by Crippen LogP contribution is 2.51. The van der Waals surface area contributed by atoms with Gasteiger partial charge in [-0.3, -0.25) is 4.98 Å². The Balaban J connectivity index is 1.10. The molecule has 10 rings (SSSR count). The van der Waals surface area contributed by atoms with Crippen LogP contribution in [0.4, 0.5) is 11.4 Å². The molecule has 3 heteroatoms. The van der Waals surface area contributed by atoms with Crippen LogP contribution in [0.5, 0.6) is 0 Å². The Bertz CT molecular complexity index is 2780. The summed E-state index contributed by atoms with van der Waals surface area (Å²) in [4.78, 5) is 6.91. The maximum absolute atomic E-state index is 4.42. The van der Waals surface area contributed by atoms with Gasteiger partial charge in [-0.05, 0) is 118 Å². The smallest absolute Gasteiger partial charge is 0.0541 e. The van der Waals surface area contributed by atoms with Crippen molar-refractivity contribution in [1.82, 2.24) is 9.55 Å². The van der Waals surface area contributed by atoms with Gasteiger partial charge >= 0.3 is 0 Å². The molecule has 3 nitrogen and oxygen atoms in total. The number of pyridine rings is 1. The minimum Gasteiger partial charge on any atom is -0.314 e. The highest BCUT2D eigenvalue weighted by molar-refractivity contribution is 6.10. The molecule has 2 aliphatic carbocycles. The van der Waals surface area contributed by atoms with E-state index in [2.05, 4.69) is 193 Å². The van der Waals surface area contributed by atoms with Gasteiger partial charge in [-0.2, -0.15) is 0 Å². The number of anilines is 2. The molecule has 0 saturated heterocycles. The molecule has 0 bridgehead atoms. The Morgan fingerprint density at radius 1 is 0.593 bits per heavy atom. The summed E-state index contributed by atoms with van der Waals surface area (Å²) in [6, 6.07) is 55.5. The highest BCUT2D eigenvalue weighted by atomic mass is 15.1. The lowest BCUT2D eigenvalue weighted by molar-refractivity contribution is 0.660. The first kappa shape index (κ1) is 32.2. The molecule has 2 aromatic heterocycles. The molecular formula is C51H41N3. The van der Waals surface area contributed by atoms with E-state index in [1.807, 2.05) is 18.5 Å². The van der Waals surface area contributed by atoms with Crippen molar-refractivity contribution in [2.75, 3.05) is 4.90 Å². The summed E-state index contributed by atoms with van der Waals surface area (Å²) < 4.78 is 2.39. The SMILES string of the molecule is CC1CC(N(c2cccc(-c3cccnc3)c2)c2ccc3c(c2)C(C)(C)c2ccccc2-3)=CC=C1c1ccc2c(c1)c1ccccc1n2-c1ccccc1. The van der Waals surface area contributed by atoms with Gasteiger partial charge in [-0.25, -0.2) is 0 Å². The summed E-state index contributed by atoms with van der Waals surface area (Å²) >= 11 is 0. The molecule has 0 fully saturated rings. The first-order chi connectivity index (χ1) is 26.5. The summed E-state index contributed by atoms with van der Waals surface area (Å²) in [5, 5.41) is 2.56. The lowest BCUT2D eigenvalue weighted by Crippen LogP contribution is -2.22. The number of aromatic nitrogens is 2. The Hall–Kier alpha value is -6.45. The van der Waals surface area contributed by atoms with Gasteiger partial charge < -0.3 is 9.47 Å². The number of benzene rings is 6.